The van der Waals surface area contributed by atoms with Crippen LogP contribution in [0.25, 0.3) is 0 Å². The van der Waals surface area contributed by atoms with Gasteiger partial charge in [-0.3, -0.25) is 0 Å². The molecule has 0 aliphatic carbocycles. The second-order valence-corrected chi connectivity index (χ2v) is 4.10. The maximum absolute atomic E-state index is 12.9. The fourth-order valence-electron chi connectivity index (χ4n) is 1.61. The second-order valence-electron chi connectivity index (χ2n) is 4.10. The van der Waals surface area contributed by atoms with Crippen molar-refractivity contribution in [2.75, 3.05) is 13.1 Å². The van der Waals surface area contributed by atoms with Gasteiger partial charge in [0, 0.05) is 13.0 Å². The predicted octanol–water partition coefficient (Wildman–Crippen LogP) is 1.93. The minimum Gasteiger partial charge on any atom is -0.388 e. The van der Waals surface area contributed by atoms with E-state index in [9.17, 15) is 35.8 Å². The average Bonchev–Trinajstić information content (AvgIpc) is 2.48. The van der Waals surface area contributed by atoms with Gasteiger partial charge in [-0.25, -0.2) is 0 Å². The molecule has 0 aromatic carbocycles. The number of rotatable bonds is 3. The predicted molar refractivity (Wildman–Crippen MR) is 43.0 cm³/mol. The third-order valence-corrected chi connectivity index (χ3v) is 2.59. The van der Waals surface area contributed by atoms with Crippen LogP contribution in [0.3, 0.4) is 0 Å². The summed E-state index contributed by atoms with van der Waals surface area (Å²) >= 11 is 0. The third kappa shape index (κ3) is 2.65. The lowest BCUT2D eigenvalue weighted by Gasteiger charge is -2.33. The fourth-order valence-corrected chi connectivity index (χ4v) is 1.61. The first-order chi connectivity index (χ1) is 7.41. The summed E-state index contributed by atoms with van der Waals surface area (Å²) in [6.45, 7) is -0.347. The first-order valence-corrected chi connectivity index (χ1v) is 4.67. The quantitative estimate of drug-likeness (QED) is 0.767. The summed E-state index contributed by atoms with van der Waals surface area (Å²) in [6, 6.07) is 0. The number of alkyl halides is 7. The van der Waals surface area contributed by atoms with Crippen LogP contribution in [0, 0.1) is 0 Å². The third-order valence-electron chi connectivity index (χ3n) is 2.59. The molecule has 0 radical (unpaired) electrons. The van der Waals surface area contributed by atoms with Crippen molar-refractivity contribution in [2.45, 2.75) is 36.5 Å². The van der Waals surface area contributed by atoms with Gasteiger partial charge in [0.1, 0.15) is 0 Å². The topological polar surface area (TPSA) is 32.3 Å². The van der Waals surface area contributed by atoms with Gasteiger partial charge in [-0.1, -0.05) is 0 Å². The van der Waals surface area contributed by atoms with E-state index in [-0.39, 0.29) is 13.0 Å². The normalized spacial score (nSPS) is 27.5. The summed E-state index contributed by atoms with van der Waals surface area (Å²) in [6.07, 6.45) is -8.57. The van der Waals surface area contributed by atoms with Crippen LogP contribution >= 0.6 is 0 Å². The van der Waals surface area contributed by atoms with Gasteiger partial charge >= 0.3 is 18.0 Å². The van der Waals surface area contributed by atoms with E-state index < -0.39 is 36.6 Å². The summed E-state index contributed by atoms with van der Waals surface area (Å²) in [5, 5.41) is 11.8. The highest BCUT2D eigenvalue weighted by Crippen LogP contribution is 2.50. The molecular weight excluding hydrogens is 259 g/mol. The van der Waals surface area contributed by atoms with Gasteiger partial charge in [0.2, 0.25) is 0 Å². The first-order valence-electron chi connectivity index (χ1n) is 4.67. The van der Waals surface area contributed by atoms with Crippen molar-refractivity contribution in [3.8, 4) is 0 Å². The van der Waals surface area contributed by atoms with Gasteiger partial charge in [-0.05, 0) is 13.0 Å². The van der Waals surface area contributed by atoms with Crippen molar-refractivity contribution in [3.05, 3.63) is 0 Å². The fraction of sp³-hybridized carbons (Fsp3) is 1.00. The molecule has 1 saturated heterocycles. The van der Waals surface area contributed by atoms with Crippen molar-refractivity contribution in [2.24, 2.45) is 0 Å². The van der Waals surface area contributed by atoms with E-state index in [2.05, 4.69) is 5.32 Å². The highest BCUT2D eigenvalue weighted by atomic mass is 19.4. The Morgan fingerprint density at radius 3 is 1.94 bits per heavy atom. The molecule has 1 aliphatic heterocycles. The standard InChI is InChI=1S/C8H10F7NO/c9-6(10,7(11,12)8(13,14)15)3-5(17)1-2-16-4-5/h16-17H,1-4H2. The van der Waals surface area contributed by atoms with Gasteiger partial charge < -0.3 is 10.4 Å². The van der Waals surface area contributed by atoms with Crippen molar-refractivity contribution in [1.29, 1.82) is 0 Å². The molecule has 2 nitrogen and oxygen atoms in total. The zero-order valence-corrected chi connectivity index (χ0v) is 8.42. The second kappa shape index (κ2) is 3.98. The molecule has 17 heavy (non-hydrogen) atoms. The molecule has 1 unspecified atom stereocenters. The molecule has 0 aromatic heterocycles. The lowest BCUT2D eigenvalue weighted by molar-refractivity contribution is -0.360. The van der Waals surface area contributed by atoms with Crippen molar-refractivity contribution >= 4 is 0 Å². The number of nitrogens with one attached hydrogen (secondary N) is 1. The molecule has 0 aromatic rings. The Hall–Kier alpha value is -0.570. The Morgan fingerprint density at radius 1 is 1.06 bits per heavy atom. The molecular formula is C8H10F7NO. The van der Waals surface area contributed by atoms with Gasteiger partial charge in [0.05, 0.1) is 5.60 Å². The van der Waals surface area contributed by atoms with Crippen molar-refractivity contribution < 1.29 is 35.8 Å². The van der Waals surface area contributed by atoms with Crippen LogP contribution in [0.1, 0.15) is 12.8 Å². The van der Waals surface area contributed by atoms with Crippen LogP contribution in [0.4, 0.5) is 30.7 Å². The van der Waals surface area contributed by atoms with E-state index in [1.165, 1.54) is 0 Å². The van der Waals surface area contributed by atoms with Gasteiger partial charge in [-0.2, -0.15) is 30.7 Å². The summed E-state index contributed by atoms with van der Waals surface area (Å²) < 4.78 is 86.3. The summed E-state index contributed by atoms with van der Waals surface area (Å²) in [5.74, 6) is -11.5. The molecule has 9 heteroatoms. The molecule has 1 fully saturated rings. The Morgan fingerprint density at radius 2 is 1.59 bits per heavy atom. The van der Waals surface area contributed by atoms with E-state index in [0.717, 1.165) is 0 Å². The molecule has 1 atom stereocenters. The Kier molecular flexibility index (Phi) is 3.39. The first kappa shape index (κ1) is 14.5. The lowest BCUT2D eigenvalue weighted by Crippen LogP contribution is -2.55. The Labute approximate surface area is 91.8 Å². The number of aliphatic hydroxyl groups is 1. The van der Waals surface area contributed by atoms with E-state index in [4.69, 9.17) is 0 Å². The highest BCUT2D eigenvalue weighted by molar-refractivity contribution is 4.99. The molecule has 102 valence electrons. The van der Waals surface area contributed by atoms with E-state index in [1.54, 1.807) is 0 Å². The summed E-state index contributed by atoms with van der Waals surface area (Å²) in [4.78, 5) is 0. The molecule has 0 saturated carbocycles. The van der Waals surface area contributed by atoms with Crippen LogP contribution < -0.4 is 5.32 Å². The zero-order chi connectivity index (χ0) is 13.5. The maximum Gasteiger partial charge on any atom is 0.459 e. The zero-order valence-electron chi connectivity index (χ0n) is 8.42. The highest BCUT2D eigenvalue weighted by Gasteiger charge is 2.73. The average molecular weight is 269 g/mol. The minimum absolute atomic E-state index is 0.0875. The van der Waals surface area contributed by atoms with Crippen molar-refractivity contribution in [1.82, 2.24) is 5.32 Å². The minimum atomic E-state index is -6.35. The van der Waals surface area contributed by atoms with E-state index >= 15 is 0 Å². The van der Waals surface area contributed by atoms with Gasteiger partial charge in [0.15, 0.2) is 0 Å². The van der Waals surface area contributed by atoms with E-state index in [1.807, 2.05) is 0 Å². The summed E-state index contributed by atoms with van der Waals surface area (Å²) in [7, 11) is 0. The van der Waals surface area contributed by atoms with Gasteiger partial charge in [0.25, 0.3) is 0 Å². The molecule has 0 bridgehead atoms. The largest absolute Gasteiger partial charge is 0.459 e. The number of halogens is 7. The van der Waals surface area contributed by atoms with Crippen LogP contribution in [0.2, 0.25) is 0 Å². The smallest absolute Gasteiger partial charge is 0.388 e. The molecule has 1 aliphatic rings. The molecule has 1 heterocycles. The Bertz CT molecular complexity index is 282. The van der Waals surface area contributed by atoms with E-state index in [0.29, 0.717) is 0 Å². The molecule has 2 N–H and O–H groups in total. The maximum atomic E-state index is 12.9. The van der Waals surface area contributed by atoms with Crippen LogP contribution in [0.5, 0.6) is 0 Å². The number of hydrogen-bond donors (Lipinski definition) is 2. The number of β-amino-alcohol motifs (C(OH)–C–C–N with tert-alkyl or cyclic N) is 1. The molecule has 1 rings (SSSR count). The van der Waals surface area contributed by atoms with Crippen LogP contribution in [-0.4, -0.2) is 41.8 Å². The number of hydrogen-bond acceptors (Lipinski definition) is 2. The SMILES string of the molecule is OC1(CC(F)(F)C(F)(F)C(F)(F)F)CCNC1. The van der Waals surface area contributed by atoms with Crippen molar-refractivity contribution in [3.63, 3.8) is 0 Å². The summed E-state index contributed by atoms with van der Waals surface area (Å²) in [5.41, 5.74) is -2.24. The monoisotopic (exact) mass is 269 g/mol. The molecule has 0 spiro atoms. The molecule has 0 amide bonds. The Balaban J connectivity index is 2.87. The van der Waals surface area contributed by atoms with Crippen LogP contribution in [-0.2, 0) is 0 Å². The van der Waals surface area contributed by atoms with Gasteiger partial charge in [-0.15, -0.1) is 0 Å². The van der Waals surface area contributed by atoms with Crippen LogP contribution in [0.15, 0.2) is 0 Å². The lowest BCUT2D eigenvalue weighted by atomic mass is 9.91.